The molecule has 0 radical (unpaired) electrons. The summed E-state index contributed by atoms with van der Waals surface area (Å²) in [6, 6.07) is 14.0. The number of carbonyl (C=O) groups excluding carboxylic acids is 2. The van der Waals surface area contributed by atoms with Crippen molar-refractivity contribution in [2.45, 2.75) is 20.0 Å². The van der Waals surface area contributed by atoms with Gasteiger partial charge in [0.2, 0.25) is 0 Å². The van der Waals surface area contributed by atoms with E-state index in [-0.39, 0.29) is 16.3 Å². The molecule has 150 valence electrons. The van der Waals surface area contributed by atoms with Gasteiger partial charge in [-0.25, -0.2) is 0 Å². The summed E-state index contributed by atoms with van der Waals surface area (Å²) in [5.74, 6) is 0.598. The van der Waals surface area contributed by atoms with Crippen molar-refractivity contribution in [3.63, 3.8) is 0 Å². The van der Waals surface area contributed by atoms with Crippen LogP contribution in [0.25, 0.3) is 6.08 Å². The van der Waals surface area contributed by atoms with Gasteiger partial charge in [0.1, 0.15) is 11.5 Å². The van der Waals surface area contributed by atoms with Crippen LogP contribution >= 0.6 is 24.0 Å². The summed E-state index contributed by atoms with van der Waals surface area (Å²) in [6.45, 7) is 3.92. The Morgan fingerprint density at radius 3 is 2.31 bits per heavy atom. The van der Waals surface area contributed by atoms with Crippen LogP contribution in [0.4, 0.5) is 0 Å². The maximum Gasteiger partial charge on any atom is 0.285 e. The highest BCUT2D eigenvalue weighted by molar-refractivity contribution is 8.26. The lowest BCUT2D eigenvalue weighted by Gasteiger charge is -2.15. The molecule has 0 aliphatic carbocycles. The Morgan fingerprint density at radius 2 is 1.72 bits per heavy atom. The number of ether oxygens (including phenoxy) is 2. The zero-order chi connectivity index (χ0) is 21.0. The molecule has 2 amide bonds. The second-order valence-electron chi connectivity index (χ2n) is 6.42. The molecule has 1 aliphatic heterocycles. The molecule has 1 heterocycles. The van der Waals surface area contributed by atoms with Gasteiger partial charge in [-0.2, -0.15) is 5.01 Å². The number of hydrazine groups is 1. The van der Waals surface area contributed by atoms with Crippen molar-refractivity contribution in [1.29, 1.82) is 0 Å². The quantitative estimate of drug-likeness (QED) is 0.554. The third kappa shape index (κ3) is 5.16. The number of carbonyl (C=O) groups is 2. The van der Waals surface area contributed by atoms with Gasteiger partial charge in [0.05, 0.1) is 18.1 Å². The molecule has 0 unspecified atom stereocenters. The molecule has 0 bridgehead atoms. The molecule has 0 atom stereocenters. The second-order valence-corrected chi connectivity index (χ2v) is 8.10. The van der Waals surface area contributed by atoms with Crippen LogP contribution in [0.5, 0.6) is 11.5 Å². The van der Waals surface area contributed by atoms with E-state index in [0.717, 1.165) is 28.1 Å². The van der Waals surface area contributed by atoms with Crippen LogP contribution in [0.15, 0.2) is 53.4 Å². The molecule has 1 aliphatic rings. The van der Waals surface area contributed by atoms with E-state index >= 15 is 0 Å². The Balaban J connectivity index is 1.70. The summed E-state index contributed by atoms with van der Waals surface area (Å²) in [7, 11) is 1.55. The summed E-state index contributed by atoms with van der Waals surface area (Å²) in [4.78, 5) is 25.6. The largest absolute Gasteiger partial charge is 0.497 e. The second kappa shape index (κ2) is 9.11. The first-order valence-corrected chi connectivity index (χ1v) is 10.1. The minimum absolute atomic E-state index is 0.0893. The Labute approximate surface area is 178 Å². The van der Waals surface area contributed by atoms with Crippen LogP contribution in [-0.2, 0) is 4.79 Å². The SMILES string of the molecule is COc1ccc(C(=O)NN2C(=O)/C(=C/c3ccc(OC(C)C)cc3)SC2=S)cc1. The van der Waals surface area contributed by atoms with Crippen molar-refractivity contribution in [1.82, 2.24) is 10.4 Å². The number of methoxy groups -OCH3 is 1. The fourth-order valence-electron chi connectivity index (χ4n) is 2.54. The molecule has 3 rings (SSSR count). The first-order valence-electron chi connectivity index (χ1n) is 8.87. The average Bonchev–Trinajstić information content (AvgIpc) is 2.96. The van der Waals surface area contributed by atoms with Crippen molar-refractivity contribution >= 4 is 46.2 Å². The molecule has 6 nitrogen and oxygen atoms in total. The lowest BCUT2D eigenvalue weighted by atomic mass is 10.2. The summed E-state index contributed by atoms with van der Waals surface area (Å²) in [6.07, 6.45) is 1.82. The lowest BCUT2D eigenvalue weighted by molar-refractivity contribution is -0.123. The highest BCUT2D eigenvalue weighted by atomic mass is 32.2. The van der Waals surface area contributed by atoms with Crippen LogP contribution < -0.4 is 14.9 Å². The Morgan fingerprint density at radius 1 is 1.10 bits per heavy atom. The van der Waals surface area contributed by atoms with E-state index in [1.807, 2.05) is 38.1 Å². The van der Waals surface area contributed by atoms with Gasteiger partial charge in [0, 0.05) is 5.56 Å². The zero-order valence-electron chi connectivity index (χ0n) is 16.2. The highest BCUT2D eigenvalue weighted by Gasteiger charge is 2.33. The molecule has 1 N–H and O–H groups in total. The zero-order valence-corrected chi connectivity index (χ0v) is 17.8. The molecule has 29 heavy (non-hydrogen) atoms. The first-order chi connectivity index (χ1) is 13.9. The third-order valence-corrected chi connectivity index (χ3v) is 5.21. The monoisotopic (exact) mass is 428 g/mol. The van der Waals surface area contributed by atoms with Gasteiger partial charge in [0.15, 0.2) is 4.32 Å². The number of benzene rings is 2. The van der Waals surface area contributed by atoms with Crippen LogP contribution in [-0.4, -0.2) is 34.4 Å². The molecular weight excluding hydrogens is 408 g/mol. The van der Waals surface area contributed by atoms with Crippen LogP contribution in [0, 0.1) is 0 Å². The standard InChI is InChI=1S/C21H20N2O4S2/c1-13(2)27-17-8-4-14(5-9-17)12-18-20(25)23(21(28)29-18)22-19(24)15-6-10-16(26-3)11-7-15/h4-13H,1-3H3,(H,22,24)/b18-12-. The maximum atomic E-state index is 12.7. The van der Waals surface area contributed by atoms with E-state index in [1.54, 1.807) is 37.5 Å². The van der Waals surface area contributed by atoms with Crippen molar-refractivity contribution in [2.24, 2.45) is 0 Å². The minimum Gasteiger partial charge on any atom is -0.497 e. The molecule has 2 aromatic carbocycles. The van der Waals surface area contributed by atoms with Gasteiger partial charge in [0.25, 0.3) is 11.8 Å². The predicted octanol–water partition coefficient (Wildman–Crippen LogP) is 4.03. The topological polar surface area (TPSA) is 67.9 Å². The number of thiocarbonyl (C=S) groups is 1. The Hall–Kier alpha value is -2.84. The Kier molecular flexibility index (Phi) is 6.56. The Bertz CT molecular complexity index is 954. The van der Waals surface area contributed by atoms with Crippen molar-refractivity contribution in [3.05, 3.63) is 64.6 Å². The fraction of sp³-hybridized carbons (Fsp3) is 0.190. The molecule has 0 aromatic heterocycles. The number of thioether (sulfide) groups is 1. The van der Waals surface area contributed by atoms with Crippen LogP contribution in [0.1, 0.15) is 29.8 Å². The predicted molar refractivity (Wildman–Crippen MR) is 118 cm³/mol. The van der Waals surface area contributed by atoms with Gasteiger partial charge in [-0.3, -0.25) is 15.0 Å². The molecule has 8 heteroatoms. The lowest BCUT2D eigenvalue weighted by Crippen LogP contribution is -2.44. The molecular formula is C21H20N2O4S2. The van der Waals surface area contributed by atoms with Crippen molar-refractivity contribution in [2.75, 3.05) is 7.11 Å². The number of rotatable bonds is 6. The van der Waals surface area contributed by atoms with Crippen molar-refractivity contribution < 1.29 is 19.1 Å². The first kappa shape index (κ1) is 20.9. The summed E-state index contributed by atoms with van der Waals surface area (Å²) in [5.41, 5.74) is 3.79. The minimum atomic E-state index is -0.430. The van der Waals surface area contributed by atoms with Crippen LogP contribution in [0.2, 0.25) is 0 Å². The van der Waals surface area contributed by atoms with Gasteiger partial charge in [-0.1, -0.05) is 23.9 Å². The number of hydrogen-bond donors (Lipinski definition) is 1. The van der Waals surface area contributed by atoms with E-state index in [2.05, 4.69) is 5.43 Å². The summed E-state index contributed by atoms with van der Waals surface area (Å²) < 4.78 is 11.0. The van der Waals surface area contributed by atoms with E-state index < -0.39 is 5.91 Å². The fourth-order valence-corrected chi connectivity index (χ4v) is 3.72. The van der Waals surface area contributed by atoms with Gasteiger partial charge in [-0.05, 0) is 74.1 Å². The van der Waals surface area contributed by atoms with Gasteiger partial charge >= 0.3 is 0 Å². The summed E-state index contributed by atoms with van der Waals surface area (Å²) >= 11 is 6.40. The highest BCUT2D eigenvalue weighted by Crippen LogP contribution is 2.31. The maximum absolute atomic E-state index is 12.7. The number of nitrogens with zero attached hydrogens (tertiary/aromatic N) is 1. The normalized spacial score (nSPS) is 15.2. The molecule has 0 spiro atoms. The third-order valence-electron chi connectivity index (χ3n) is 3.91. The number of amides is 2. The van der Waals surface area contributed by atoms with Crippen LogP contribution in [0.3, 0.4) is 0 Å². The number of nitrogens with one attached hydrogen (secondary N) is 1. The smallest absolute Gasteiger partial charge is 0.285 e. The molecule has 1 saturated heterocycles. The van der Waals surface area contributed by atoms with Crippen molar-refractivity contribution in [3.8, 4) is 11.5 Å². The number of hydrogen-bond acceptors (Lipinski definition) is 6. The van der Waals surface area contributed by atoms with E-state index in [1.165, 1.54) is 0 Å². The van der Waals surface area contributed by atoms with E-state index in [9.17, 15) is 9.59 Å². The molecule has 0 saturated carbocycles. The van der Waals surface area contributed by atoms with Gasteiger partial charge < -0.3 is 9.47 Å². The molecule has 1 fully saturated rings. The van der Waals surface area contributed by atoms with E-state index in [4.69, 9.17) is 21.7 Å². The average molecular weight is 429 g/mol. The van der Waals surface area contributed by atoms with E-state index in [0.29, 0.717) is 16.2 Å². The molecule has 2 aromatic rings. The van der Waals surface area contributed by atoms with Gasteiger partial charge in [-0.15, -0.1) is 0 Å². The summed E-state index contributed by atoms with van der Waals surface area (Å²) in [5, 5.41) is 1.09.